The minimum absolute atomic E-state index is 0. The first-order valence-corrected chi connectivity index (χ1v) is 11.7. The van der Waals surface area contributed by atoms with Crippen LogP contribution in [0.15, 0.2) is 22.5 Å². The van der Waals surface area contributed by atoms with Crippen LogP contribution in [0.1, 0.15) is 62.5 Å². The van der Waals surface area contributed by atoms with Gasteiger partial charge in [0, 0.05) is 25.0 Å². The highest BCUT2D eigenvalue weighted by Gasteiger charge is 2.34. The van der Waals surface area contributed by atoms with Crippen LogP contribution in [0, 0.1) is 18.3 Å². The van der Waals surface area contributed by atoms with E-state index in [1.807, 2.05) is 29.9 Å². The number of rotatable bonds is 9. The van der Waals surface area contributed by atoms with E-state index in [2.05, 4.69) is 52.2 Å². The zero-order valence-electron chi connectivity index (χ0n) is 18.8. The quantitative estimate of drug-likeness (QED) is 0.273. The van der Waals surface area contributed by atoms with E-state index in [1.165, 1.54) is 37.0 Å². The molecule has 0 unspecified atom stereocenters. The van der Waals surface area contributed by atoms with Gasteiger partial charge in [-0.1, -0.05) is 32.8 Å². The normalized spacial score (nSPS) is 16.0. The fraction of sp³-hybridized carbons (Fsp3) is 0.682. The molecule has 2 aromatic heterocycles. The van der Waals surface area contributed by atoms with Crippen molar-refractivity contribution in [1.29, 1.82) is 0 Å². The van der Waals surface area contributed by atoms with Crippen LogP contribution < -0.4 is 10.6 Å². The van der Waals surface area contributed by atoms with Crippen molar-refractivity contribution in [2.45, 2.75) is 65.8 Å². The molecule has 0 aliphatic heterocycles. The molecule has 0 amide bonds. The minimum atomic E-state index is 0. The molecule has 0 aromatic carbocycles. The largest absolute Gasteiger partial charge is 0.356 e. The lowest BCUT2D eigenvalue weighted by atomic mass is 9.78. The Morgan fingerprint density at radius 1 is 1.27 bits per heavy atom. The van der Waals surface area contributed by atoms with E-state index < -0.39 is 0 Å². The summed E-state index contributed by atoms with van der Waals surface area (Å²) in [6.07, 6.45) is 7.64. The highest BCUT2D eigenvalue weighted by atomic mass is 127. The van der Waals surface area contributed by atoms with Gasteiger partial charge in [0.1, 0.15) is 12.4 Å². The minimum Gasteiger partial charge on any atom is -0.356 e. The van der Waals surface area contributed by atoms with E-state index in [4.69, 9.17) is 4.99 Å². The van der Waals surface area contributed by atoms with Crippen molar-refractivity contribution in [2.75, 3.05) is 13.1 Å². The smallest absolute Gasteiger partial charge is 0.191 e. The molecule has 2 N–H and O–H groups in total. The second kappa shape index (κ2) is 12.0. The van der Waals surface area contributed by atoms with Gasteiger partial charge in [0.05, 0.1) is 0 Å². The number of thiophene rings is 1. The van der Waals surface area contributed by atoms with E-state index in [-0.39, 0.29) is 24.0 Å². The average Bonchev–Trinajstić information content (AvgIpc) is 3.42. The molecule has 30 heavy (non-hydrogen) atoms. The van der Waals surface area contributed by atoms with Gasteiger partial charge >= 0.3 is 0 Å². The van der Waals surface area contributed by atoms with Crippen molar-refractivity contribution in [1.82, 2.24) is 25.4 Å². The molecular formula is C22H37IN6S. The lowest BCUT2D eigenvalue weighted by Gasteiger charge is -2.32. The number of hydrogen-bond donors (Lipinski definition) is 2. The number of aryl methyl sites for hydroxylation is 1. The van der Waals surface area contributed by atoms with Crippen molar-refractivity contribution < 1.29 is 0 Å². The SMILES string of the molecule is Cc1nnc(CN=C(NCCc2cccs2)NCC2(CC(C)C)CCCC2)n1C.I. The Kier molecular flexibility index (Phi) is 10.1. The van der Waals surface area contributed by atoms with Gasteiger partial charge in [-0.15, -0.1) is 45.5 Å². The maximum absolute atomic E-state index is 4.83. The highest BCUT2D eigenvalue weighted by Crippen LogP contribution is 2.42. The van der Waals surface area contributed by atoms with Gasteiger partial charge in [-0.3, -0.25) is 0 Å². The Bertz CT molecular complexity index is 778. The standard InChI is InChI=1S/C22H36N6S.HI/c1-17(2)14-22(10-5-6-11-22)16-25-21(23-12-9-19-8-7-13-29-19)24-15-20-27-26-18(3)28(20)4;/h7-8,13,17H,5-6,9-12,14-16H2,1-4H3,(H2,23,24,25);1H. The Morgan fingerprint density at radius 2 is 2.03 bits per heavy atom. The van der Waals surface area contributed by atoms with Gasteiger partial charge in [-0.25, -0.2) is 4.99 Å². The van der Waals surface area contributed by atoms with Crippen LogP contribution in [-0.4, -0.2) is 33.8 Å². The third kappa shape index (κ3) is 7.21. The molecule has 2 aromatic rings. The Hall–Kier alpha value is -1.16. The summed E-state index contributed by atoms with van der Waals surface area (Å²) in [6, 6.07) is 4.30. The summed E-state index contributed by atoms with van der Waals surface area (Å²) in [5.74, 6) is 3.41. The third-order valence-electron chi connectivity index (χ3n) is 5.94. The molecule has 3 rings (SSSR count). The molecule has 1 saturated carbocycles. The van der Waals surface area contributed by atoms with E-state index in [0.29, 0.717) is 12.0 Å². The van der Waals surface area contributed by atoms with Crippen molar-refractivity contribution >= 4 is 41.3 Å². The zero-order valence-corrected chi connectivity index (χ0v) is 21.9. The van der Waals surface area contributed by atoms with Crippen molar-refractivity contribution in [3.8, 4) is 0 Å². The summed E-state index contributed by atoms with van der Waals surface area (Å²) >= 11 is 1.81. The van der Waals surface area contributed by atoms with Crippen LogP contribution >= 0.6 is 35.3 Å². The Morgan fingerprint density at radius 3 is 2.63 bits per heavy atom. The van der Waals surface area contributed by atoms with Gasteiger partial charge in [-0.05, 0) is 55.4 Å². The molecule has 1 aliphatic carbocycles. The lowest BCUT2D eigenvalue weighted by molar-refractivity contribution is 0.234. The molecule has 0 spiro atoms. The molecule has 1 aliphatic rings. The molecule has 0 radical (unpaired) electrons. The summed E-state index contributed by atoms with van der Waals surface area (Å²) in [5.41, 5.74) is 0.408. The molecule has 2 heterocycles. The lowest BCUT2D eigenvalue weighted by Crippen LogP contribution is -2.44. The fourth-order valence-electron chi connectivity index (χ4n) is 4.39. The first-order valence-electron chi connectivity index (χ1n) is 10.9. The molecule has 8 heteroatoms. The number of halogens is 1. The van der Waals surface area contributed by atoms with Gasteiger partial charge in [0.15, 0.2) is 11.8 Å². The van der Waals surface area contributed by atoms with Gasteiger partial charge < -0.3 is 15.2 Å². The number of aromatic nitrogens is 3. The van der Waals surface area contributed by atoms with Gasteiger partial charge in [0.25, 0.3) is 0 Å². The summed E-state index contributed by atoms with van der Waals surface area (Å²) in [4.78, 5) is 6.23. The summed E-state index contributed by atoms with van der Waals surface area (Å²) in [6.45, 7) is 9.04. The predicted molar refractivity (Wildman–Crippen MR) is 137 cm³/mol. The molecule has 1 fully saturated rings. The van der Waals surface area contributed by atoms with Crippen LogP contribution in [0.4, 0.5) is 0 Å². The maximum Gasteiger partial charge on any atom is 0.191 e. The highest BCUT2D eigenvalue weighted by molar-refractivity contribution is 14.0. The summed E-state index contributed by atoms with van der Waals surface area (Å²) in [5, 5.41) is 17.7. The van der Waals surface area contributed by atoms with Crippen molar-refractivity contribution in [3.05, 3.63) is 34.0 Å². The first kappa shape index (κ1) is 25.1. The van der Waals surface area contributed by atoms with Crippen molar-refractivity contribution in [2.24, 2.45) is 23.4 Å². The first-order chi connectivity index (χ1) is 14.0. The van der Waals surface area contributed by atoms with E-state index in [1.54, 1.807) is 0 Å². The number of hydrogen-bond acceptors (Lipinski definition) is 4. The van der Waals surface area contributed by atoms with E-state index in [9.17, 15) is 0 Å². The molecule has 0 bridgehead atoms. The second-order valence-electron chi connectivity index (χ2n) is 8.80. The number of nitrogens with one attached hydrogen (secondary N) is 2. The topological polar surface area (TPSA) is 67.1 Å². The number of guanidine groups is 1. The van der Waals surface area contributed by atoms with Crippen LogP contribution in [0.3, 0.4) is 0 Å². The molecule has 0 atom stereocenters. The number of aliphatic imine (C=N–C) groups is 1. The Balaban J connectivity index is 0.00000320. The predicted octanol–water partition coefficient (Wildman–Crippen LogP) is 4.69. The third-order valence-corrected chi connectivity index (χ3v) is 6.88. The van der Waals surface area contributed by atoms with Crippen LogP contribution in [0.5, 0.6) is 0 Å². The molecule has 168 valence electrons. The van der Waals surface area contributed by atoms with E-state index >= 15 is 0 Å². The fourth-order valence-corrected chi connectivity index (χ4v) is 5.10. The van der Waals surface area contributed by atoms with Crippen LogP contribution in [0.2, 0.25) is 0 Å². The zero-order chi connectivity index (χ0) is 20.7. The maximum atomic E-state index is 4.83. The van der Waals surface area contributed by atoms with Gasteiger partial charge in [-0.2, -0.15) is 0 Å². The average molecular weight is 545 g/mol. The molecule has 0 saturated heterocycles. The van der Waals surface area contributed by atoms with Crippen molar-refractivity contribution in [3.63, 3.8) is 0 Å². The van der Waals surface area contributed by atoms with E-state index in [0.717, 1.165) is 43.0 Å². The summed E-state index contributed by atoms with van der Waals surface area (Å²) in [7, 11) is 1.99. The monoisotopic (exact) mass is 544 g/mol. The Labute approximate surface area is 202 Å². The molecular weight excluding hydrogens is 507 g/mol. The van der Waals surface area contributed by atoms with Crippen LogP contribution in [-0.2, 0) is 20.0 Å². The molecule has 6 nitrogen and oxygen atoms in total. The van der Waals surface area contributed by atoms with Crippen LogP contribution in [0.25, 0.3) is 0 Å². The van der Waals surface area contributed by atoms with Gasteiger partial charge in [0.2, 0.25) is 0 Å². The number of nitrogens with zero attached hydrogens (tertiary/aromatic N) is 4. The summed E-state index contributed by atoms with van der Waals surface area (Å²) < 4.78 is 2.00. The second-order valence-corrected chi connectivity index (χ2v) is 9.83.